The third-order valence-electron chi connectivity index (χ3n) is 3.26. The number of halogens is 1. The number of para-hydroxylation sites is 1. The fourth-order valence-corrected chi connectivity index (χ4v) is 2.77. The molecular weight excluding hydrogens is 328 g/mol. The molecule has 0 bridgehead atoms. The third kappa shape index (κ3) is 3.84. The third-order valence-corrected chi connectivity index (χ3v) is 3.90. The molecule has 0 aromatic heterocycles. The van der Waals surface area contributed by atoms with Crippen molar-refractivity contribution in [1.82, 2.24) is 0 Å². The Kier molecular flexibility index (Phi) is 5.38. The van der Waals surface area contributed by atoms with Gasteiger partial charge in [0.1, 0.15) is 0 Å². The summed E-state index contributed by atoms with van der Waals surface area (Å²) in [5.74, 6) is 0. The van der Waals surface area contributed by atoms with Crippen molar-refractivity contribution in [3.05, 3.63) is 58.6 Å². The van der Waals surface area contributed by atoms with Gasteiger partial charge >= 0.3 is 0 Å². The monoisotopic (exact) mass is 344 g/mol. The van der Waals surface area contributed by atoms with Crippen molar-refractivity contribution >= 4 is 27.3 Å². The van der Waals surface area contributed by atoms with Crippen LogP contribution < -0.4 is 4.90 Å². The van der Waals surface area contributed by atoms with Gasteiger partial charge in [-0.15, -0.1) is 0 Å². The van der Waals surface area contributed by atoms with Crippen molar-refractivity contribution in [2.45, 2.75) is 19.4 Å². The molecule has 0 radical (unpaired) electrons. The largest absolute Gasteiger partial charge is 0.389 e. The lowest BCUT2D eigenvalue weighted by Crippen LogP contribution is -2.18. The Labute approximate surface area is 133 Å². The molecular formula is C17H17BrN2O. The fraction of sp³-hybridized carbons (Fsp3) is 0.235. The van der Waals surface area contributed by atoms with E-state index in [9.17, 15) is 5.11 Å². The molecule has 2 aromatic carbocycles. The Morgan fingerprint density at radius 3 is 2.52 bits per heavy atom. The summed E-state index contributed by atoms with van der Waals surface area (Å²) in [7, 11) is 0. The zero-order valence-electron chi connectivity index (χ0n) is 11.8. The summed E-state index contributed by atoms with van der Waals surface area (Å²) in [5, 5.41) is 18.5. The van der Waals surface area contributed by atoms with E-state index < -0.39 is 6.10 Å². The van der Waals surface area contributed by atoms with Gasteiger partial charge < -0.3 is 10.0 Å². The topological polar surface area (TPSA) is 47.3 Å². The molecule has 2 rings (SSSR count). The van der Waals surface area contributed by atoms with Crippen LogP contribution in [0, 0.1) is 11.3 Å². The maximum atomic E-state index is 9.66. The highest BCUT2D eigenvalue weighted by Gasteiger charge is 2.13. The van der Waals surface area contributed by atoms with Gasteiger partial charge in [-0.2, -0.15) is 5.26 Å². The lowest BCUT2D eigenvalue weighted by molar-refractivity contribution is 0.199. The van der Waals surface area contributed by atoms with Crippen molar-refractivity contribution < 1.29 is 5.11 Å². The first kappa shape index (κ1) is 15.6. The molecule has 0 saturated carbocycles. The van der Waals surface area contributed by atoms with Crippen LogP contribution in [0.1, 0.15) is 25.0 Å². The number of hydrogen-bond acceptors (Lipinski definition) is 3. The van der Waals surface area contributed by atoms with E-state index >= 15 is 0 Å². The average molecular weight is 345 g/mol. The summed E-state index contributed by atoms with van der Waals surface area (Å²) < 4.78 is 0.905. The zero-order valence-corrected chi connectivity index (χ0v) is 13.4. The molecule has 0 aliphatic carbocycles. The number of rotatable bonds is 5. The second-order valence-corrected chi connectivity index (χ2v) is 5.64. The molecule has 0 aliphatic rings. The van der Waals surface area contributed by atoms with E-state index in [0.29, 0.717) is 13.0 Å². The Hall–Kier alpha value is -1.83. The van der Waals surface area contributed by atoms with Gasteiger partial charge in [0.15, 0.2) is 0 Å². The molecule has 108 valence electrons. The van der Waals surface area contributed by atoms with E-state index in [1.54, 1.807) is 6.92 Å². The maximum absolute atomic E-state index is 9.66. The van der Waals surface area contributed by atoms with Gasteiger partial charge in [0, 0.05) is 16.7 Å². The van der Waals surface area contributed by atoms with Crippen molar-refractivity contribution in [3.8, 4) is 6.07 Å². The minimum absolute atomic E-state index is 0.444. The lowest BCUT2D eigenvalue weighted by atomic mass is 10.1. The Morgan fingerprint density at radius 2 is 1.95 bits per heavy atom. The average Bonchev–Trinajstić information content (AvgIpc) is 2.50. The standard InChI is InChI=1S/C17H17BrN2O/c1-13(21)14-8-9-17(16(18)12-14)20(11-5-10-19)15-6-3-2-4-7-15/h2-4,6-9,12-13,21H,5,11H2,1H3/t13-/m0/s1. The number of aliphatic hydroxyl groups is 1. The van der Waals surface area contributed by atoms with E-state index in [0.717, 1.165) is 21.4 Å². The quantitative estimate of drug-likeness (QED) is 0.865. The summed E-state index contributed by atoms with van der Waals surface area (Å²) in [5.41, 5.74) is 2.89. The predicted molar refractivity (Wildman–Crippen MR) is 88.5 cm³/mol. The van der Waals surface area contributed by atoms with Crippen LogP contribution >= 0.6 is 15.9 Å². The molecule has 1 N–H and O–H groups in total. The van der Waals surface area contributed by atoms with E-state index in [1.165, 1.54) is 0 Å². The fourth-order valence-electron chi connectivity index (χ4n) is 2.16. The second-order valence-electron chi connectivity index (χ2n) is 4.78. The van der Waals surface area contributed by atoms with Crippen LogP contribution in [0.15, 0.2) is 53.0 Å². The SMILES string of the molecule is C[C@H](O)c1ccc(N(CCC#N)c2ccccc2)c(Br)c1. The van der Waals surface area contributed by atoms with Crippen LogP contribution in [0.4, 0.5) is 11.4 Å². The molecule has 4 heteroatoms. The highest BCUT2D eigenvalue weighted by Crippen LogP contribution is 2.34. The van der Waals surface area contributed by atoms with Crippen LogP contribution in [-0.4, -0.2) is 11.7 Å². The van der Waals surface area contributed by atoms with Gasteiger partial charge in [-0.25, -0.2) is 0 Å². The van der Waals surface area contributed by atoms with Crippen LogP contribution in [0.3, 0.4) is 0 Å². The summed E-state index contributed by atoms with van der Waals surface area (Å²) in [6.45, 7) is 2.36. The molecule has 0 heterocycles. The zero-order chi connectivity index (χ0) is 15.2. The number of nitrogens with zero attached hydrogens (tertiary/aromatic N) is 2. The van der Waals surface area contributed by atoms with Gasteiger partial charge in [-0.3, -0.25) is 0 Å². The van der Waals surface area contributed by atoms with Gasteiger partial charge in [-0.05, 0) is 52.7 Å². The van der Waals surface area contributed by atoms with Gasteiger partial charge in [0.05, 0.1) is 24.3 Å². The molecule has 0 saturated heterocycles. The van der Waals surface area contributed by atoms with Crippen LogP contribution in [-0.2, 0) is 0 Å². The van der Waals surface area contributed by atoms with E-state index in [1.807, 2.05) is 48.5 Å². The molecule has 3 nitrogen and oxygen atoms in total. The number of benzene rings is 2. The highest BCUT2D eigenvalue weighted by atomic mass is 79.9. The molecule has 21 heavy (non-hydrogen) atoms. The Bertz CT molecular complexity index is 635. The first-order valence-electron chi connectivity index (χ1n) is 6.80. The minimum atomic E-state index is -0.500. The smallest absolute Gasteiger partial charge is 0.0762 e. The number of anilines is 2. The summed E-state index contributed by atoms with van der Waals surface area (Å²) >= 11 is 3.57. The van der Waals surface area contributed by atoms with Gasteiger partial charge in [0.2, 0.25) is 0 Å². The number of aliphatic hydroxyl groups excluding tert-OH is 1. The molecule has 0 aliphatic heterocycles. The normalized spacial score (nSPS) is 11.7. The second kappa shape index (κ2) is 7.26. The minimum Gasteiger partial charge on any atom is -0.389 e. The molecule has 0 unspecified atom stereocenters. The lowest BCUT2D eigenvalue weighted by Gasteiger charge is -2.25. The molecule has 2 aromatic rings. The molecule has 0 amide bonds. The van der Waals surface area contributed by atoms with Gasteiger partial charge in [0.25, 0.3) is 0 Å². The van der Waals surface area contributed by atoms with Crippen LogP contribution in [0.25, 0.3) is 0 Å². The van der Waals surface area contributed by atoms with Crippen LogP contribution in [0.5, 0.6) is 0 Å². The molecule has 1 atom stereocenters. The van der Waals surface area contributed by atoms with Gasteiger partial charge in [-0.1, -0.05) is 24.3 Å². The van der Waals surface area contributed by atoms with E-state index in [2.05, 4.69) is 26.9 Å². The summed E-state index contributed by atoms with van der Waals surface area (Å²) in [6.07, 6.45) is -0.0564. The highest BCUT2D eigenvalue weighted by molar-refractivity contribution is 9.10. The van der Waals surface area contributed by atoms with Crippen molar-refractivity contribution in [3.63, 3.8) is 0 Å². The number of hydrogen-bond donors (Lipinski definition) is 1. The first-order valence-corrected chi connectivity index (χ1v) is 7.60. The predicted octanol–water partition coefficient (Wildman–Crippen LogP) is 4.55. The Balaban J connectivity index is 2.40. The summed E-state index contributed by atoms with van der Waals surface area (Å²) in [6, 6.07) is 18.0. The van der Waals surface area contributed by atoms with Crippen molar-refractivity contribution in [2.24, 2.45) is 0 Å². The first-order chi connectivity index (χ1) is 10.1. The number of nitriles is 1. The Morgan fingerprint density at radius 1 is 1.24 bits per heavy atom. The van der Waals surface area contributed by atoms with E-state index in [4.69, 9.17) is 5.26 Å². The van der Waals surface area contributed by atoms with E-state index in [-0.39, 0.29) is 0 Å². The van der Waals surface area contributed by atoms with Crippen molar-refractivity contribution in [1.29, 1.82) is 5.26 Å². The summed E-state index contributed by atoms with van der Waals surface area (Å²) in [4.78, 5) is 2.10. The van der Waals surface area contributed by atoms with Crippen molar-refractivity contribution in [2.75, 3.05) is 11.4 Å². The molecule has 0 spiro atoms. The van der Waals surface area contributed by atoms with Crippen LogP contribution in [0.2, 0.25) is 0 Å². The maximum Gasteiger partial charge on any atom is 0.0762 e. The molecule has 0 fully saturated rings.